The van der Waals surface area contributed by atoms with Gasteiger partial charge in [-0.3, -0.25) is 4.84 Å². The molecule has 1 saturated carbocycles. The molecule has 1 amide bonds. The van der Waals surface area contributed by atoms with Crippen LogP contribution in [0.15, 0.2) is 5.16 Å². The third-order valence-corrected chi connectivity index (χ3v) is 6.71. The average Bonchev–Trinajstić information content (AvgIpc) is 2.52. The van der Waals surface area contributed by atoms with Crippen molar-refractivity contribution in [1.82, 2.24) is 8.61 Å². The molecule has 0 saturated heterocycles. The van der Waals surface area contributed by atoms with Crippen molar-refractivity contribution in [3.63, 3.8) is 0 Å². The Hall–Kier alpha value is -0.910. The first kappa shape index (κ1) is 24.1. The van der Waals surface area contributed by atoms with Crippen molar-refractivity contribution in [2.75, 3.05) is 28.2 Å². The summed E-state index contributed by atoms with van der Waals surface area (Å²) in [6.45, 7) is 1.98. The first-order valence-electron chi connectivity index (χ1n) is 7.82. The van der Waals surface area contributed by atoms with Gasteiger partial charge in [-0.1, -0.05) is 26.2 Å². The first-order chi connectivity index (χ1) is 11.3. The van der Waals surface area contributed by atoms with Crippen LogP contribution in [0.1, 0.15) is 39.0 Å². The number of hydrogen-bond donors (Lipinski definition) is 2. The number of carbonyl (C=O) groups is 1. The lowest BCUT2D eigenvalue weighted by molar-refractivity contribution is 0.157. The maximum atomic E-state index is 13.5. The number of thiol groups is 1. The maximum Gasteiger partial charge on any atom is 0.430 e. The van der Waals surface area contributed by atoms with Gasteiger partial charge in [0.2, 0.25) is 5.97 Å². The van der Waals surface area contributed by atoms with Gasteiger partial charge >= 0.3 is 6.09 Å². The lowest BCUT2D eigenvalue weighted by Crippen LogP contribution is -2.35. The van der Waals surface area contributed by atoms with E-state index in [1.165, 1.54) is 34.6 Å². The fourth-order valence-electron chi connectivity index (χ4n) is 2.39. The number of rotatable bonds is 5. The molecule has 0 heterocycles. The third kappa shape index (κ3) is 7.89. The third-order valence-electron chi connectivity index (χ3n) is 4.03. The molecule has 11 heteroatoms. The molecule has 1 unspecified atom stereocenters. The van der Waals surface area contributed by atoms with Gasteiger partial charge in [0.05, 0.1) is 5.25 Å². The van der Waals surface area contributed by atoms with Gasteiger partial charge in [-0.15, -0.1) is 0 Å². The van der Waals surface area contributed by atoms with Crippen LogP contribution in [0.3, 0.4) is 0 Å². The molecular formula is C14H29FN4O4S2. The first-order valence-corrected chi connectivity index (χ1v) is 9.74. The van der Waals surface area contributed by atoms with Gasteiger partial charge in [0.25, 0.3) is 10.2 Å². The SMILES string of the molecule is CC1(C(S)C(F)=NOC(N)=O)CCCCC1.CN(C)S(=O)(=O)N(C)C. The number of carbonyl (C=O) groups excluding carboxylic acids is 1. The molecule has 0 aromatic heterocycles. The Balaban J connectivity index is 0.000000547. The molecule has 0 radical (unpaired) electrons. The second kappa shape index (κ2) is 10.3. The molecule has 2 N–H and O–H groups in total. The van der Waals surface area contributed by atoms with Gasteiger partial charge in [0.15, 0.2) is 0 Å². The van der Waals surface area contributed by atoms with Crippen molar-refractivity contribution < 1.29 is 22.4 Å². The lowest BCUT2D eigenvalue weighted by atomic mass is 9.73. The number of halogens is 1. The second-order valence-electron chi connectivity index (χ2n) is 6.51. The van der Waals surface area contributed by atoms with E-state index in [2.05, 4.69) is 22.6 Å². The van der Waals surface area contributed by atoms with Crippen molar-refractivity contribution in [1.29, 1.82) is 0 Å². The Morgan fingerprint density at radius 3 is 1.96 bits per heavy atom. The molecular weight excluding hydrogens is 371 g/mol. The van der Waals surface area contributed by atoms with E-state index in [4.69, 9.17) is 5.73 Å². The van der Waals surface area contributed by atoms with Gasteiger partial charge in [0.1, 0.15) is 0 Å². The van der Waals surface area contributed by atoms with Crippen molar-refractivity contribution in [2.24, 2.45) is 16.3 Å². The van der Waals surface area contributed by atoms with E-state index in [0.29, 0.717) is 0 Å². The number of oxime groups is 1. The molecule has 0 aromatic rings. The summed E-state index contributed by atoms with van der Waals surface area (Å²) in [5.74, 6) is -0.786. The van der Waals surface area contributed by atoms with Gasteiger partial charge in [0, 0.05) is 28.2 Å². The fourth-order valence-corrected chi connectivity index (χ4v) is 3.34. The number of primary amides is 1. The van der Waals surface area contributed by atoms with Crippen molar-refractivity contribution in [3.8, 4) is 0 Å². The van der Waals surface area contributed by atoms with Gasteiger partial charge < -0.3 is 5.73 Å². The minimum Gasteiger partial charge on any atom is -0.333 e. The Kier molecular flexibility index (Phi) is 9.92. The summed E-state index contributed by atoms with van der Waals surface area (Å²) in [5, 5.41) is 2.40. The van der Waals surface area contributed by atoms with E-state index >= 15 is 0 Å². The monoisotopic (exact) mass is 400 g/mol. The molecule has 148 valence electrons. The van der Waals surface area contributed by atoms with Crippen molar-refractivity contribution >= 4 is 34.9 Å². The van der Waals surface area contributed by atoms with Crippen LogP contribution in [0.2, 0.25) is 0 Å². The molecule has 0 bridgehead atoms. The fraction of sp³-hybridized carbons (Fsp3) is 0.857. The van der Waals surface area contributed by atoms with Gasteiger partial charge in [-0.05, 0) is 23.4 Å². The normalized spacial score (nSPS) is 19.2. The minimum absolute atomic E-state index is 0.226. The van der Waals surface area contributed by atoms with Crippen LogP contribution in [0.5, 0.6) is 0 Å². The predicted molar refractivity (Wildman–Crippen MR) is 99.5 cm³/mol. The van der Waals surface area contributed by atoms with Crippen LogP contribution in [0, 0.1) is 5.41 Å². The Morgan fingerprint density at radius 2 is 1.64 bits per heavy atom. The van der Waals surface area contributed by atoms with Gasteiger partial charge in [-0.25, -0.2) is 4.79 Å². The smallest absolute Gasteiger partial charge is 0.333 e. The van der Waals surface area contributed by atoms with Crippen LogP contribution < -0.4 is 5.73 Å². The maximum absolute atomic E-state index is 13.5. The van der Waals surface area contributed by atoms with E-state index in [1.54, 1.807) is 0 Å². The highest BCUT2D eigenvalue weighted by molar-refractivity contribution is 7.86. The van der Waals surface area contributed by atoms with Crippen LogP contribution in [0.4, 0.5) is 9.18 Å². The van der Waals surface area contributed by atoms with E-state index in [-0.39, 0.29) is 5.41 Å². The van der Waals surface area contributed by atoms with E-state index in [1.807, 2.05) is 6.92 Å². The molecule has 1 rings (SSSR count). The zero-order valence-electron chi connectivity index (χ0n) is 15.4. The van der Waals surface area contributed by atoms with E-state index in [0.717, 1.165) is 34.3 Å². The minimum atomic E-state index is -3.15. The van der Waals surface area contributed by atoms with Crippen LogP contribution in [-0.2, 0) is 15.0 Å². The van der Waals surface area contributed by atoms with Gasteiger partial charge in [-0.2, -0.15) is 34.0 Å². The number of nitrogens with two attached hydrogens (primary N) is 1. The molecule has 1 aliphatic carbocycles. The molecule has 0 aromatic carbocycles. The van der Waals surface area contributed by atoms with Crippen molar-refractivity contribution in [2.45, 2.75) is 44.3 Å². The summed E-state index contributed by atoms with van der Waals surface area (Å²) < 4.78 is 37.6. The number of hydrogen-bond acceptors (Lipinski definition) is 6. The quantitative estimate of drug-likeness (QED) is 0.319. The van der Waals surface area contributed by atoms with E-state index < -0.39 is 27.5 Å². The average molecular weight is 401 g/mol. The highest BCUT2D eigenvalue weighted by atomic mass is 32.2. The topological polar surface area (TPSA) is 105 Å². The van der Waals surface area contributed by atoms with E-state index in [9.17, 15) is 17.6 Å². The lowest BCUT2D eigenvalue weighted by Gasteiger charge is -2.36. The Morgan fingerprint density at radius 1 is 1.20 bits per heavy atom. The highest BCUT2D eigenvalue weighted by Gasteiger charge is 2.37. The summed E-state index contributed by atoms with van der Waals surface area (Å²) in [5.41, 5.74) is 4.47. The molecule has 1 atom stereocenters. The zero-order chi connectivity index (χ0) is 19.8. The molecule has 1 fully saturated rings. The standard InChI is InChI=1S/C10H17FN2O2S.C4H12N2O2S/c1-10(5-3-2-4-6-10)7(16)8(11)13-15-9(12)14;1-5(2)9(7,8)6(3)4/h7,16H,2-6H2,1H3,(H2,12,14);1-4H3. The summed E-state index contributed by atoms with van der Waals surface area (Å²) >= 11 is 4.22. The van der Waals surface area contributed by atoms with Crippen LogP contribution >= 0.6 is 12.6 Å². The molecule has 0 spiro atoms. The Bertz CT molecular complexity index is 547. The summed E-state index contributed by atoms with van der Waals surface area (Å²) in [4.78, 5) is 14.3. The number of amides is 1. The van der Waals surface area contributed by atoms with Crippen molar-refractivity contribution in [3.05, 3.63) is 0 Å². The predicted octanol–water partition coefficient (Wildman–Crippen LogP) is 1.99. The van der Waals surface area contributed by atoms with Crippen LogP contribution in [0.25, 0.3) is 0 Å². The number of nitrogens with zero attached hydrogens (tertiary/aromatic N) is 3. The van der Waals surface area contributed by atoms with Crippen LogP contribution in [-0.4, -0.2) is 62.5 Å². The summed E-state index contributed by atoms with van der Waals surface area (Å²) in [6.07, 6.45) is 3.99. The molecule has 8 nitrogen and oxygen atoms in total. The Labute approximate surface area is 155 Å². The molecule has 0 aliphatic heterocycles. The highest BCUT2D eigenvalue weighted by Crippen LogP contribution is 2.41. The summed E-state index contributed by atoms with van der Waals surface area (Å²) in [6, 6.07) is 0. The largest absolute Gasteiger partial charge is 0.430 e. The summed E-state index contributed by atoms with van der Waals surface area (Å²) in [7, 11) is 2.83. The second-order valence-corrected chi connectivity index (χ2v) is 9.39. The molecule has 25 heavy (non-hydrogen) atoms. The molecule has 1 aliphatic rings. The zero-order valence-corrected chi connectivity index (χ0v) is 17.1.